The van der Waals surface area contributed by atoms with E-state index in [1.807, 2.05) is 31.2 Å². The summed E-state index contributed by atoms with van der Waals surface area (Å²) >= 11 is 0. The van der Waals surface area contributed by atoms with Gasteiger partial charge >= 0.3 is 0 Å². The highest BCUT2D eigenvalue weighted by Gasteiger charge is 2.06. The maximum Gasteiger partial charge on any atom is 0.128 e. The van der Waals surface area contributed by atoms with Crippen LogP contribution in [-0.2, 0) is 0 Å². The molecular weight excluding hydrogens is 254 g/mol. The van der Waals surface area contributed by atoms with Crippen LogP contribution in [-0.4, -0.2) is 25.0 Å². The van der Waals surface area contributed by atoms with Gasteiger partial charge in [0, 0.05) is 17.3 Å². The smallest absolute Gasteiger partial charge is 0.128 e. The standard InChI is InChI=1S/C16H17NO3/c1-11(15-9-8-14(20-3)10-16(15)18)17-12-4-6-13(19-2)7-5-12/h4-10,18H,1-3H3. The van der Waals surface area contributed by atoms with Gasteiger partial charge in [-0.05, 0) is 43.3 Å². The van der Waals surface area contributed by atoms with Crippen molar-refractivity contribution in [3.05, 3.63) is 48.0 Å². The maximum absolute atomic E-state index is 9.97. The van der Waals surface area contributed by atoms with Crippen molar-refractivity contribution in [1.29, 1.82) is 0 Å². The second-order valence-corrected chi connectivity index (χ2v) is 4.28. The summed E-state index contributed by atoms with van der Waals surface area (Å²) in [6.45, 7) is 1.85. The fourth-order valence-corrected chi connectivity index (χ4v) is 1.86. The molecular formula is C16H17NO3. The Morgan fingerprint density at radius 1 is 0.950 bits per heavy atom. The number of aliphatic imine (C=N–C) groups is 1. The summed E-state index contributed by atoms with van der Waals surface area (Å²) in [7, 11) is 3.19. The zero-order valence-corrected chi connectivity index (χ0v) is 11.8. The lowest BCUT2D eigenvalue weighted by Crippen LogP contribution is -1.95. The molecule has 0 heterocycles. The summed E-state index contributed by atoms with van der Waals surface area (Å²) in [5, 5.41) is 9.97. The van der Waals surface area contributed by atoms with E-state index in [4.69, 9.17) is 9.47 Å². The molecule has 2 rings (SSSR count). The average Bonchev–Trinajstić information content (AvgIpc) is 2.47. The monoisotopic (exact) mass is 271 g/mol. The molecule has 0 unspecified atom stereocenters. The van der Waals surface area contributed by atoms with Crippen LogP contribution in [0.4, 0.5) is 5.69 Å². The number of hydrogen-bond donors (Lipinski definition) is 1. The van der Waals surface area contributed by atoms with Crippen molar-refractivity contribution in [2.24, 2.45) is 4.99 Å². The molecule has 4 heteroatoms. The molecule has 0 fully saturated rings. The fourth-order valence-electron chi connectivity index (χ4n) is 1.86. The summed E-state index contributed by atoms with van der Waals surface area (Å²) in [5.74, 6) is 1.55. The third-order valence-electron chi connectivity index (χ3n) is 2.96. The minimum atomic E-state index is 0.152. The van der Waals surface area contributed by atoms with Crippen LogP contribution in [0.2, 0.25) is 0 Å². The molecule has 0 aliphatic carbocycles. The topological polar surface area (TPSA) is 51.0 Å². The molecule has 4 nitrogen and oxygen atoms in total. The Balaban J connectivity index is 2.29. The van der Waals surface area contributed by atoms with Crippen LogP contribution in [0, 0.1) is 0 Å². The van der Waals surface area contributed by atoms with Gasteiger partial charge in [0.2, 0.25) is 0 Å². The van der Waals surface area contributed by atoms with E-state index in [1.165, 1.54) is 0 Å². The molecule has 104 valence electrons. The molecule has 0 aromatic heterocycles. The van der Waals surface area contributed by atoms with Gasteiger partial charge in [-0.1, -0.05) is 0 Å². The molecule has 0 saturated heterocycles. The second kappa shape index (κ2) is 6.10. The zero-order chi connectivity index (χ0) is 14.5. The number of ether oxygens (including phenoxy) is 2. The fraction of sp³-hybridized carbons (Fsp3) is 0.188. The van der Waals surface area contributed by atoms with Crippen molar-refractivity contribution >= 4 is 11.4 Å². The summed E-state index contributed by atoms with van der Waals surface area (Å²) in [6, 6.07) is 12.6. The molecule has 0 aliphatic rings. The van der Waals surface area contributed by atoms with Crippen molar-refractivity contribution in [3.63, 3.8) is 0 Å². The third kappa shape index (κ3) is 3.09. The Morgan fingerprint density at radius 2 is 1.55 bits per heavy atom. The normalized spacial score (nSPS) is 11.2. The van der Waals surface area contributed by atoms with E-state index in [0.29, 0.717) is 11.3 Å². The van der Waals surface area contributed by atoms with Crippen molar-refractivity contribution in [2.45, 2.75) is 6.92 Å². The lowest BCUT2D eigenvalue weighted by atomic mass is 10.1. The highest BCUT2D eigenvalue weighted by molar-refractivity contribution is 6.02. The van der Waals surface area contributed by atoms with Crippen LogP contribution in [0.15, 0.2) is 47.5 Å². The average molecular weight is 271 g/mol. The highest BCUT2D eigenvalue weighted by Crippen LogP contribution is 2.26. The molecule has 0 radical (unpaired) electrons. The third-order valence-corrected chi connectivity index (χ3v) is 2.96. The maximum atomic E-state index is 9.97. The Hall–Kier alpha value is -2.49. The quantitative estimate of drug-likeness (QED) is 0.865. The molecule has 20 heavy (non-hydrogen) atoms. The van der Waals surface area contributed by atoms with Gasteiger partial charge in [-0.2, -0.15) is 0 Å². The summed E-state index contributed by atoms with van der Waals surface area (Å²) in [4.78, 5) is 4.48. The Kier molecular flexibility index (Phi) is 4.25. The Morgan fingerprint density at radius 3 is 2.10 bits per heavy atom. The van der Waals surface area contributed by atoms with Gasteiger partial charge in [0.25, 0.3) is 0 Å². The van der Waals surface area contributed by atoms with E-state index < -0.39 is 0 Å². The molecule has 0 bridgehead atoms. The predicted octanol–water partition coefficient (Wildman–Crippen LogP) is 3.55. The second-order valence-electron chi connectivity index (χ2n) is 4.28. The molecule has 0 atom stereocenters. The molecule has 2 aromatic rings. The van der Waals surface area contributed by atoms with E-state index >= 15 is 0 Å². The number of phenolic OH excluding ortho intramolecular Hbond substituents is 1. The van der Waals surface area contributed by atoms with Crippen LogP contribution in [0.1, 0.15) is 12.5 Å². The number of hydrogen-bond acceptors (Lipinski definition) is 4. The molecule has 0 amide bonds. The largest absolute Gasteiger partial charge is 0.507 e. The van der Waals surface area contributed by atoms with E-state index in [1.54, 1.807) is 32.4 Å². The van der Waals surface area contributed by atoms with Crippen LogP contribution in [0.5, 0.6) is 17.2 Å². The highest BCUT2D eigenvalue weighted by atomic mass is 16.5. The van der Waals surface area contributed by atoms with Crippen molar-refractivity contribution < 1.29 is 14.6 Å². The number of rotatable bonds is 4. The van der Waals surface area contributed by atoms with Gasteiger partial charge in [0.05, 0.1) is 19.9 Å². The van der Waals surface area contributed by atoms with Crippen LogP contribution < -0.4 is 9.47 Å². The number of benzene rings is 2. The first kappa shape index (κ1) is 13.9. The molecule has 0 aliphatic heterocycles. The molecule has 1 N–H and O–H groups in total. The lowest BCUT2D eigenvalue weighted by Gasteiger charge is -2.07. The van der Waals surface area contributed by atoms with Crippen LogP contribution in [0.25, 0.3) is 0 Å². The van der Waals surface area contributed by atoms with E-state index in [9.17, 15) is 5.11 Å². The first-order valence-corrected chi connectivity index (χ1v) is 6.20. The number of aromatic hydroxyl groups is 1. The van der Waals surface area contributed by atoms with Crippen LogP contribution >= 0.6 is 0 Å². The minimum absolute atomic E-state index is 0.152. The first-order chi connectivity index (χ1) is 9.63. The number of phenols is 1. The molecule has 0 saturated carbocycles. The van der Waals surface area contributed by atoms with Gasteiger partial charge in [-0.15, -0.1) is 0 Å². The SMILES string of the molecule is COc1ccc(N=C(C)c2ccc(OC)cc2O)cc1. The van der Waals surface area contributed by atoms with E-state index in [2.05, 4.69) is 4.99 Å². The Bertz CT molecular complexity index is 618. The van der Waals surface area contributed by atoms with Crippen molar-refractivity contribution in [3.8, 4) is 17.2 Å². The Labute approximate surface area is 118 Å². The summed E-state index contributed by atoms with van der Waals surface area (Å²) in [6.07, 6.45) is 0. The minimum Gasteiger partial charge on any atom is -0.507 e. The lowest BCUT2D eigenvalue weighted by molar-refractivity contribution is 0.407. The van der Waals surface area contributed by atoms with Gasteiger partial charge in [0.1, 0.15) is 17.2 Å². The van der Waals surface area contributed by atoms with Gasteiger partial charge in [-0.25, -0.2) is 0 Å². The van der Waals surface area contributed by atoms with Gasteiger partial charge in [0.15, 0.2) is 0 Å². The van der Waals surface area contributed by atoms with Crippen LogP contribution in [0.3, 0.4) is 0 Å². The van der Waals surface area contributed by atoms with Gasteiger partial charge in [-0.3, -0.25) is 4.99 Å². The van der Waals surface area contributed by atoms with Crippen molar-refractivity contribution in [2.75, 3.05) is 14.2 Å². The van der Waals surface area contributed by atoms with E-state index in [-0.39, 0.29) is 5.75 Å². The summed E-state index contributed by atoms with van der Waals surface area (Å²) in [5.41, 5.74) is 2.22. The van der Waals surface area contributed by atoms with E-state index in [0.717, 1.165) is 17.1 Å². The predicted molar refractivity (Wildman–Crippen MR) is 79.5 cm³/mol. The van der Waals surface area contributed by atoms with Gasteiger partial charge < -0.3 is 14.6 Å². The zero-order valence-electron chi connectivity index (χ0n) is 11.8. The van der Waals surface area contributed by atoms with Crippen molar-refractivity contribution in [1.82, 2.24) is 0 Å². The molecule has 0 spiro atoms. The summed E-state index contributed by atoms with van der Waals surface area (Å²) < 4.78 is 10.2. The molecule has 2 aromatic carbocycles. The number of methoxy groups -OCH3 is 2. The first-order valence-electron chi connectivity index (χ1n) is 6.20. The number of nitrogens with zero attached hydrogens (tertiary/aromatic N) is 1.